The van der Waals surface area contributed by atoms with Crippen LogP contribution in [0.2, 0.25) is 0 Å². The van der Waals surface area contributed by atoms with Crippen molar-refractivity contribution in [2.45, 2.75) is 32.6 Å². The summed E-state index contributed by atoms with van der Waals surface area (Å²) >= 11 is 0. The topological polar surface area (TPSA) is 71.0 Å². The second-order valence-electron chi connectivity index (χ2n) is 7.56. The highest BCUT2D eigenvalue weighted by atomic mass is 16.1. The van der Waals surface area contributed by atoms with Gasteiger partial charge >= 0.3 is 0 Å². The molecule has 4 rings (SSSR count). The summed E-state index contributed by atoms with van der Waals surface area (Å²) in [5.41, 5.74) is 3.16. The van der Waals surface area contributed by atoms with Crippen molar-refractivity contribution in [1.82, 2.24) is 15.0 Å². The number of amides is 1. The maximum Gasteiger partial charge on any atom is 0.258 e. The number of hydrogen-bond acceptors (Lipinski definition) is 5. The van der Waals surface area contributed by atoms with Gasteiger partial charge in [0, 0.05) is 43.2 Å². The van der Waals surface area contributed by atoms with Gasteiger partial charge in [-0.2, -0.15) is 0 Å². The molecule has 0 saturated carbocycles. The third kappa shape index (κ3) is 4.11. The average molecular weight is 387 g/mol. The first kappa shape index (κ1) is 19.1. The van der Waals surface area contributed by atoms with E-state index in [0.29, 0.717) is 5.56 Å². The van der Waals surface area contributed by atoms with E-state index in [1.807, 2.05) is 56.4 Å². The molecule has 1 saturated heterocycles. The van der Waals surface area contributed by atoms with Crippen molar-refractivity contribution in [1.29, 1.82) is 0 Å². The zero-order chi connectivity index (χ0) is 20.2. The molecule has 1 aromatic carbocycles. The Labute approximate surface area is 171 Å². The van der Waals surface area contributed by atoms with E-state index in [2.05, 4.69) is 25.2 Å². The summed E-state index contributed by atoms with van der Waals surface area (Å²) in [6.45, 7) is 5.94. The van der Waals surface area contributed by atoms with Crippen molar-refractivity contribution in [2.75, 3.05) is 23.3 Å². The summed E-state index contributed by atoms with van der Waals surface area (Å²) in [7, 11) is 0. The number of carbonyl (C=O) groups excluding carboxylic acids is 1. The van der Waals surface area contributed by atoms with Gasteiger partial charge in [0.2, 0.25) is 0 Å². The van der Waals surface area contributed by atoms with Crippen LogP contribution in [0.5, 0.6) is 0 Å². The third-order valence-corrected chi connectivity index (χ3v) is 5.11. The van der Waals surface area contributed by atoms with Crippen LogP contribution < -0.4 is 10.2 Å². The molecule has 29 heavy (non-hydrogen) atoms. The van der Waals surface area contributed by atoms with Crippen LogP contribution in [0.15, 0.2) is 55.0 Å². The molecule has 1 amide bonds. The van der Waals surface area contributed by atoms with Crippen molar-refractivity contribution in [3.8, 4) is 11.1 Å². The average Bonchev–Trinajstić information content (AvgIpc) is 3.29. The number of rotatable bonds is 5. The lowest BCUT2D eigenvalue weighted by atomic mass is 10.0. The Kier molecular flexibility index (Phi) is 5.51. The van der Waals surface area contributed by atoms with Crippen molar-refractivity contribution >= 4 is 17.4 Å². The Morgan fingerprint density at radius 3 is 2.34 bits per heavy atom. The summed E-state index contributed by atoms with van der Waals surface area (Å²) < 4.78 is 0. The minimum atomic E-state index is -0.231. The largest absolute Gasteiger partial charge is 0.355 e. The Morgan fingerprint density at radius 2 is 1.69 bits per heavy atom. The van der Waals surface area contributed by atoms with E-state index in [0.717, 1.165) is 54.4 Å². The number of nitrogens with one attached hydrogen (secondary N) is 1. The van der Waals surface area contributed by atoms with Gasteiger partial charge in [-0.3, -0.25) is 4.79 Å². The molecule has 2 aromatic heterocycles. The molecule has 6 nitrogen and oxygen atoms in total. The summed E-state index contributed by atoms with van der Waals surface area (Å²) in [5, 5.41) is 3.10. The normalized spacial score (nSPS) is 13.7. The smallest absolute Gasteiger partial charge is 0.258 e. The van der Waals surface area contributed by atoms with Crippen molar-refractivity contribution in [3.63, 3.8) is 0 Å². The molecule has 0 spiro atoms. The number of anilines is 2. The van der Waals surface area contributed by atoms with E-state index in [1.54, 1.807) is 12.4 Å². The van der Waals surface area contributed by atoms with E-state index in [4.69, 9.17) is 0 Å². The Balaban J connectivity index is 1.71. The number of pyridine rings is 1. The summed E-state index contributed by atoms with van der Waals surface area (Å²) in [5.74, 6) is 1.53. The van der Waals surface area contributed by atoms with E-state index in [-0.39, 0.29) is 11.8 Å². The van der Waals surface area contributed by atoms with Crippen LogP contribution in [0.1, 0.15) is 48.8 Å². The SMILES string of the molecule is CC(C)c1ncc(C(=O)Nc2c(-c3ccccc3)ccnc2N2CCCC2)cn1. The Bertz CT molecular complexity index is 980. The number of benzene rings is 1. The maximum atomic E-state index is 13.0. The molecule has 0 atom stereocenters. The van der Waals surface area contributed by atoms with Gasteiger partial charge in [-0.15, -0.1) is 0 Å². The minimum Gasteiger partial charge on any atom is -0.355 e. The summed E-state index contributed by atoms with van der Waals surface area (Å²) in [4.78, 5) is 28.5. The first-order valence-corrected chi connectivity index (χ1v) is 10.1. The van der Waals surface area contributed by atoms with Crippen LogP contribution in [0, 0.1) is 0 Å². The van der Waals surface area contributed by atoms with Gasteiger partial charge in [-0.25, -0.2) is 15.0 Å². The van der Waals surface area contributed by atoms with E-state index < -0.39 is 0 Å². The fraction of sp³-hybridized carbons (Fsp3) is 0.304. The highest BCUT2D eigenvalue weighted by molar-refractivity contribution is 6.08. The zero-order valence-corrected chi connectivity index (χ0v) is 16.8. The molecule has 148 valence electrons. The lowest BCUT2D eigenvalue weighted by Gasteiger charge is -2.22. The summed E-state index contributed by atoms with van der Waals surface area (Å²) in [6.07, 6.45) is 7.26. The molecule has 1 N–H and O–H groups in total. The number of carbonyl (C=O) groups is 1. The lowest BCUT2D eigenvalue weighted by molar-refractivity contribution is 0.102. The predicted octanol–water partition coefficient (Wildman–Crippen LogP) is 4.51. The number of nitrogens with zero attached hydrogens (tertiary/aromatic N) is 4. The van der Waals surface area contributed by atoms with Crippen molar-refractivity contribution in [2.24, 2.45) is 0 Å². The molecule has 1 aliphatic rings. The molecule has 1 aliphatic heterocycles. The molecule has 0 bridgehead atoms. The van der Waals surface area contributed by atoms with Crippen LogP contribution in [0.4, 0.5) is 11.5 Å². The quantitative estimate of drug-likeness (QED) is 0.697. The molecular formula is C23H25N5O. The van der Waals surface area contributed by atoms with Gasteiger partial charge < -0.3 is 10.2 Å². The van der Waals surface area contributed by atoms with E-state index in [9.17, 15) is 4.79 Å². The molecular weight excluding hydrogens is 362 g/mol. The second-order valence-corrected chi connectivity index (χ2v) is 7.56. The van der Waals surface area contributed by atoms with Crippen molar-refractivity contribution in [3.05, 3.63) is 66.4 Å². The van der Waals surface area contributed by atoms with Gasteiger partial charge in [-0.05, 0) is 24.5 Å². The third-order valence-electron chi connectivity index (χ3n) is 5.11. The van der Waals surface area contributed by atoms with Crippen LogP contribution in [-0.4, -0.2) is 33.9 Å². The Hall–Kier alpha value is -3.28. The van der Waals surface area contributed by atoms with Crippen LogP contribution in [0.25, 0.3) is 11.1 Å². The first-order chi connectivity index (χ1) is 14.1. The first-order valence-electron chi connectivity index (χ1n) is 10.1. The minimum absolute atomic E-state index is 0.219. The fourth-order valence-corrected chi connectivity index (χ4v) is 3.54. The van der Waals surface area contributed by atoms with Gasteiger partial charge in [0.1, 0.15) is 5.82 Å². The lowest BCUT2D eigenvalue weighted by Crippen LogP contribution is -2.23. The molecule has 0 aliphatic carbocycles. The zero-order valence-electron chi connectivity index (χ0n) is 16.8. The van der Waals surface area contributed by atoms with E-state index in [1.165, 1.54) is 0 Å². The number of hydrogen-bond donors (Lipinski definition) is 1. The Morgan fingerprint density at radius 1 is 1.00 bits per heavy atom. The molecule has 6 heteroatoms. The number of aromatic nitrogens is 3. The van der Waals surface area contributed by atoms with Gasteiger partial charge in [0.05, 0.1) is 11.3 Å². The van der Waals surface area contributed by atoms with Crippen LogP contribution in [0.3, 0.4) is 0 Å². The maximum absolute atomic E-state index is 13.0. The van der Waals surface area contributed by atoms with Gasteiger partial charge in [0.15, 0.2) is 5.82 Å². The van der Waals surface area contributed by atoms with Gasteiger partial charge in [0.25, 0.3) is 5.91 Å². The summed E-state index contributed by atoms with van der Waals surface area (Å²) in [6, 6.07) is 12.0. The van der Waals surface area contributed by atoms with Crippen LogP contribution >= 0.6 is 0 Å². The molecule has 3 aromatic rings. The molecule has 1 fully saturated rings. The molecule has 0 radical (unpaired) electrons. The second kappa shape index (κ2) is 8.39. The molecule has 0 unspecified atom stereocenters. The highest BCUT2D eigenvalue weighted by Crippen LogP contribution is 2.36. The highest BCUT2D eigenvalue weighted by Gasteiger charge is 2.22. The monoisotopic (exact) mass is 387 g/mol. The predicted molar refractivity (Wildman–Crippen MR) is 115 cm³/mol. The standard InChI is InChI=1S/C23H25N5O/c1-16(2)21-25-14-18(15-26-21)23(29)27-20-19(17-8-4-3-5-9-17)10-11-24-22(20)28-12-6-7-13-28/h3-5,8-11,14-16H,6-7,12-13H2,1-2H3,(H,27,29). The van der Waals surface area contributed by atoms with E-state index >= 15 is 0 Å². The van der Waals surface area contributed by atoms with Crippen molar-refractivity contribution < 1.29 is 4.79 Å². The molecule has 3 heterocycles. The van der Waals surface area contributed by atoms with Gasteiger partial charge in [-0.1, -0.05) is 44.2 Å². The van der Waals surface area contributed by atoms with Crippen LogP contribution in [-0.2, 0) is 0 Å². The fourth-order valence-electron chi connectivity index (χ4n) is 3.54.